The molecule has 0 spiro atoms. The first-order valence-corrected chi connectivity index (χ1v) is 8.65. The molecule has 4 aromatic rings. The zero-order chi connectivity index (χ0) is 18.6. The summed E-state index contributed by atoms with van der Waals surface area (Å²) in [6.07, 6.45) is 1.65. The van der Waals surface area contributed by atoms with E-state index in [-0.39, 0.29) is 17.9 Å². The molecule has 0 aliphatic rings. The fourth-order valence-corrected chi connectivity index (χ4v) is 3.01. The monoisotopic (exact) mass is 358 g/mol. The standard InChI is InChI=1S/C21H18N4O2/c26-20-10-11-25(19-9-5-4-8-17(19)20)14-21(27)22-13-16-12-18(24-23-16)15-6-2-1-3-7-15/h1-12H,13-14H2,(H,22,27)(H,23,24). The number of aromatic amines is 1. The van der Waals surface area contributed by atoms with E-state index in [1.807, 2.05) is 54.6 Å². The number of pyridine rings is 1. The summed E-state index contributed by atoms with van der Waals surface area (Å²) in [5, 5.41) is 10.7. The molecule has 0 atom stereocenters. The van der Waals surface area contributed by atoms with E-state index >= 15 is 0 Å². The number of hydrogen-bond donors (Lipinski definition) is 2. The molecule has 0 aliphatic heterocycles. The fraction of sp³-hybridized carbons (Fsp3) is 0.0952. The maximum Gasteiger partial charge on any atom is 0.240 e. The van der Waals surface area contributed by atoms with Gasteiger partial charge >= 0.3 is 0 Å². The van der Waals surface area contributed by atoms with Gasteiger partial charge in [-0.05, 0) is 18.2 Å². The molecule has 134 valence electrons. The molecule has 0 saturated heterocycles. The fourth-order valence-electron chi connectivity index (χ4n) is 3.01. The lowest BCUT2D eigenvalue weighted by atomic mass is 10.1. The highest BCUT2D eigenvalue weighted by atomic mass is 16.2. The van der Waals surface area contributed by atoms with Crippen molar-refractivity contribution in [1.82, 2.24) is 20.1 Å². The molecule has 0 unspecified atom stereocenters. The first-order valence-electron chi connectivity index (χ1n) is 8.65. The van der Waals surface area contributed by atoms with Gasteiger partial charge in [0.25, 0.3) is 0 Å². The zero-order valence-electron chi connectivity index (χ0n) is 14.6. The molecule has 2 aromatic carbocycles. The van der Waals surface area contributed by atoms with Gasteiger partial charge in [-0.1, -0.05) is 42.5 Å². The van der Waals surface area contributed by atoms with Gasteiger partial charge in [0.15, 0.2) is 5.43 Å². The summed E-state index contributed by atoms with van der Waals surface area (Å²) in [6.45, 7) is 0.497. The quantitative estimate of drug-likeness (QED) is 0.576. The minimum Gasteiger partial charge on any atom is -0.349 e. The molecule has 4 rings (SSSR count). The van der Waals surface area contributed by atoms with Crippen molar-refractivity contribution < 1.29 is 4.79 Å². The molecule has 0 radical (unpaired) electrons. The second kappa shape index (κ2) is 7.29. The van der Waals surface area contributed by atoms with E-state index in [2.05, 4.69) is 15.5 Å². The van der Waals surface area contributed by atoms with Gasteiger partial charge in [-0.2, -0.15) is 5.10 Å². The Morgan fingerprint density at radius 2 is 1.81 bits per heavy atom. The molecule has 27 heavy (non-hydrogen) atoms. The number of hydrogen-bond acceptors (Lipinski definition) is 3. The summed E-state index contributed by atoms with van der Waals surface area (Å²) in [5.74, 6) is -0.139. The van der Waals surface area contributed by atoms with Crippen LogP contribution < -0.4 is 10.7 Å². The third kappa shape index (κ3) is 3.64. The normalized spacial score (nSPS) is 10.8. The maximum absolute atomic E-state index is 12.3. The molecule has 0 saturated carbocycles. The van der Waals surface area contributed by atoms with E-state index < -0.39 is 0 Å². The highest BCUT2D eigenvalue weighted by Crippen LogP contribution is 2.16. The van der Waals surface area contributed by atoms with Crippen molar-refractivity contribution in [2.45, 2.75) is 13.1 Å². The van der Waals surface area contributed by atoms with Gasteiger partial charge in [-0.15, -0.1) is 0 Å². The van der Waals surface area contributed by atoms with Crippen LogP contribution in [-0.2, 0) is 17.9 Å². The van der Waals surface area contributed by atoms with Crippen LogP contribution >= 0.6 is 0 Å². The molecule has 2 N–H and O–H groups in total. The lowest BCUT2D eigenvalue weighted by Crippen LogP contribution is -2.27. The van der Waals surface area contributed by atoms with E-state index in [0.717, 1.165) is 22.5 Å². The molecule has 6 heteroatoms. The Morgan fingerprint density at radius 3 is 2.67 bits per heavy atom. The smallest absolute Gasteiger partial charge is 0.240 e. The Balaban J connectivity index is 1.43. The maximum atomic E-state index is 12.3. The summed E-state index contributed by atoms with van der Waals surface area (Å²) < 4.78 is 1.77. The highest BCUT2D eigenvalue weighted by molar-refractivity contribution is 5.82. The Hall–Kier alpha value is -3.67. The van der Waals surface area contributed by atoms with Gasteiger partial charge in [-0.25, -0.2) is 0 Å². The number of carbonyl (C=O) groups is 1. The SMILES string of the molecule is O=C(Cn1ccc(=O)c2ccccc21)NCc1cc(-c2ccccc2)n[nH]1. The average Bonchev–Trinajstić information content (AvgIpc) is 3.19. The van der Waals surface area contributed by atoms with Gasteiger partial charge in [0.05, 0.1) is 23.4 Å². The molecular formula is C21H18N4O2. The van der Waals surface area contributed by atoms with Crippen molar-refractivity contribution in [1.29, 1.82) is 0 Å². The summed E-state index contributed by atoms with van der Waals surface area (Å²) >= 11 is 0. The van der Waals surface area contributed by atoms with E-state index in [0.29, 0.717) is 11.9 Å². The van der Waals surface area contributed by atoms with E-state index in [9.17, 15) is 9.59 Å². The van der Waals surface area contributed by atoms with Crippen molar-refractivity contribution >= 4 is 16.8 Å². The topological polar surface area (TPSA) is 79.8 Å². The minimum absolute atomic E-state index is 0.0480. The first-order chi connectivity index (χ1) is 13.2. The van der Waals surface area contributed by atoms with Crippen LogP contribution in [0.4, 0.5) is 0 Å². The number of fused-ring (bicyclic) bond motifs is 1. The number of nitrogens with one attached hydrogen (secondary N) is 2. The Labute approximate surface area is 155 Å². The lowest BCUT2D eigenvalue weighted by Gasteiger charge is -2.10. The van der Waals surface area contributed by atoms with Gasteiger partial charge < -0.3 is 9.88 Å². The number of aromatic nitrogens is 3. The van der Waals surface area contributed by atoms with Crippen molar-refractivity contribution in [2.75, 3.05) is 0 Å². The number of nitrogens with zero attached hydrogens (tertiary/aromatic N) is 2. The third-order valence-electron chi connectivity index (χ3n) is 4.38. The molecule has 2 heterocycles. The van der Waals surface area contributed by atoms with Gasteiger partial charge in [-0.3, -0.25) is 14.7 Å². The molecule has 2 aromatic heterocycles. The Morgan fingerprint density at radius 1 is 1.04 bits per heavy atom. The van der Waals surface area contributed by atoms with Gasteiger partial charge in [0.1, 0.15) is 6.54 Å². The number of para-hydroxylation sites is 1. The average molecular weight is 358 g/mol. The molecule has 0 bridgehead atoms. The molecule has 1 amide bonds. The van der Waals surface area contributed by atoms with Crippen LogP contribution in [0.1, 0.15) is 5.69 Å². The van der Waals surface area contributed by atoms with Gasteiger partial charge in [0.2, 0.25) is 5.91 Å². The summed E-state index contributed by atoms with van der Waals surface area (Å²) in [6, 6.07) is 20.5. The predicted molar refractivity (Wildman–Crippen MR) is 104 cm³/mol. The summed E-state index contributed by atoms with van der Waals surface area (Å²) in [4.78, 5) is 24.3. The number of amides is 1. The number of carbonyl (C=O) groups excluding carboxylic acids is 1. The Bertz CT molecular complexity index is 1150. The summed E-state index contributed by atoms with van der Waals surface area (Å²) in [7, 11) is 0. The van der Waals surface area contributed by atoms with E-state index in [4.69, 9.17) is 0 Å². The van der Waals surface area contributed by atoms with Crippen molar-refractivity contribution in [3.8, 4) is 11.3 Å². The van der Waals surface area contributed by atoms with Crippen LogP contribution in [0.5, 0.6) is 0 Å². The minimum atomic E-state index is -0.139. The zero-order valence-corrected chi connectivity index (χ0v) is 14.6. The number of rotatable bonds is 5. The highest BCUT2D eigenvalue weighted by Gasteiger charge is 2.08. The van der Waals surface area contributed by atoms with Crippen molar-refractivity contribution in [2.24, 2.45) is 0 Å². The van der Waals surface area contributed by atoms with Crippen LogP contribution in [0.3, 0.4) is 0 Å². The molecule has 0 fully saturated rings. The Kier molecular flexibility index (Phi) is 4.53. The predicted octanol–water partition coefficient (Wildman–Crippen LogP) is 2.71. The van der Waals surface area contributed by atoms with E-state index in [1.165, 1.54) is 6.07 Å². The largest absolute Gasteiger partial charge is 0.349 e. The second-order valence-electron chi connectivity index (χ2n) is 6.25. The van der Waals surface area contributed by atoms with Crippen LogP contribution in [0.15, 0.2) is 77.7 Å². The van der Waals surface area contributed by atoms with Crippen LogP contribution in [-0.4, -0.2) is 20.7 Å². The van der Waals surface area contributed by atoms with Crippen LogP contribution in [0.2, 0.25) is 0 Å². The number of benzene rings is 2. The van der Waals surface area contributed by atoms with Crippen LogP contribution in [0, 0.1) is 0 Å². The van der Waals surface area contributed by atoms with Gasteiger partial charge in [0, 0.05) is 23.2 Å². The first kappa shape index (κ1) is 16.8. The van der Waals surface area contributed by atoms with Crippen molar-refractivity contribution in [3.63, 3.8) is 0 Å². The van der Waals surface area contributed by atoms with E-state index in [1.54, 1.807) is 16.8 Å². The number of H-pyrrole nitrogens is 1. The molecular weight excluding hydrogens is 340 g/mol. The lowest BCUT2D eigenvalue weighted by molar-refractivity contribution is -0.121. The summed E-state index contributed by atoms with van der Waals surface area (Å²) in [5.41, 5.74) is 3.38. The molecule has 6 nitrogen and oxygen atoms in total. The molecule has 0 aliphatic carbocycles. The van der Waals surface area contributed by atoms with Crippen LogP contribution in [0.25, 0.3) is 22.2 Å². The third-order valence-corrected chi connectivity index (χ3v) is 4.38. The second-order valence-corrected chi connectivity index (χ2v) is 6.25. The van der Waals surface area contributed by atoms with Crippen molar-refractivity contribution in [3.05, 3.63) is 88.8 Å².